The standard InChI is InChI=1S/C14H24BNO/c1-13(15)6-3-4-12-11(8-13)5-7-16(2)14(12)9-17-10-14/h11-12H,3-10H2,1-2H3. The zero-order valence-corrected chi connectivity index (χ0v) is 11.2. The summed E-state index contributed by atoms with van der Waals surface area (Å²) in [6.07, 6.45) is 6.39. The average molecular weight is 233 g/mol. The van der Waals surface area contributed by atoms with Crippen molar-refractivity contribution in [3.63, 3.8) is 0 Å². The van der Waals surface area contributed by atoms with Crippen molar-refractivity contribution in [2.24, 2.45) is 11.8 Å². The summed E-state index contributed by atoms with van der Waals surface area (Å²) < 4.78 is 5.55. The first-order valence-corrected chi connectivity index (χ1v) is 7.11. The molecule has 0 aromatic heterocycles. The zero-order valence-electron chi connectivity index (χ0n) is 11.2. The van der Waals surface area contributed by atoms with Gasteiger partial charge in [-0.05, 0) is 38.3 Å². The van der Waals surface area contributed by atoms with Gasteiger partial charge in [0.05, 0.1) is 26.6 Å². The van der Waals surface area contributed by atoms with Crippen LogP contribution in [0.1, 0.15) is 39.0 Å². The first-order chi connectivity index (χ1) is 8.04. The Morgan fingerprint density at radius 1 is 1.29 bits per heavy atom. The summed E-state index contributed by atoms with van der Waals surface area (Å²) in [5.74, 6) is 1.65. The zero-order chi connectivity index (χ0) is 12.1. The fourth-order valence-electron chi connectivity index (χ4n) is 4.43. The summed E-state index contributed by atoms with van der Waals surface area (Å²) in [6, 6.07) is 0. The van der Waals surface area contributed by atoms with Gasteiger partial charge in [0, 0.05) is 0 Å². The van der Waals surface area contributed by atoms with Crippen molar-refractivity contribution in [3.8, 4) is 0 Å². The van der Waals surface area contributed by atoms with E-state index in [4.69, 9.17) is 12.6 Å². The number of rotatable bonds is 0. The third-order valence-electron chi connectivity index (χ3n) is 5.55. The molecule has 2 saturated heterocycles. The predicted molar refractivity (Wildman–Crippen MR) is 70.4 cm³/mol. The molecule has 0 bridgehead atoms. The maximum Gasteiger partial charge on any atom is 0.0742 e. The van der Waals surface area contributed by atoms with Crippen molar-refractivity contribution in [1.29, 1.82) is 0 Å². The molecule has 3 fully saturated rings. The number of likely N-dealkylation sites (tertiary alicyclic amines) is 1. The molecule has 2 nitrogen and oxygen atoms in total. The van der Waals surface area contributed by atoms with Crippen LogP contribution < -0.4 is 0 Å². The number of likely N-dealkylation sites (N-methyl/N-ethyl adjacent to an activating group) is 1. The molecule has 3 rings (SSSR count). The number of fused-ring (bicyclic) bond motifs is 2. The predicted octanol–water partition coefficient (Wildman–Crippen LogP) is 2.24. The van der Waals surface area contributed by atoms with Crippen LogP contribution >= 0.6 is 0 Å². The van der Waals surface area contributed by atoms with Gasteiger partial charge < -0.3 is 4.74 Å². The van der Waals surface area contributed by atoms with Crippen molar-refractivity contribution < 1.29 is 4.74 Å². The number of hydrogen-bond donors (Lipinski definition) is 0. The Kier molecular flexibility index (Phi) is 2.83. The van der Waals surface area contributed by atoms with Gasteiger partial charge in [0.25, 0.3) is 0 Å². The van der Waals surface area contributed by atoms with Crippen molar-refractivity contribution in [3.05, 3.63) is 0 Å². The lowest BCUT2D eigenvalue weighted by Gasteiger charge is -2.58. The molecule has 0 aromatic carbocycles. The van der Waals surface area contributed by atoms with Crippen LogP contribution in [0.3, 0.4) is 0 Å². The number of ether oxygens (including phenoxy) is 1. The van der Waals surface area contributed by atoms with E-state index in [0.29, 0.717) is 5.54 Å². The van der Waals surface area contributed by atoms with E-state index in [1.807, 2.05) is 0 Å². The summed E-state index contributed by atoms with van der Waals surface area (Å²) in [6.45, 7) is 5.37. The lowest BCUT2D eigenvalue weighted by molar-refractivity contribution is -0.191. The topological polar surface area (TPSA) is 12.5 Å². The molecule has 94 valence electrons. The molecule has 1 spiro atoms. The van der Waals surface area contributed by atoms with Crippen LogP contribution in [-0.2, 0) is 4.74 Å². The van der Waals surface area contributed by atoms with Crippen molar-refractivity contribution in [2.75, 3.05) is 26.8 Å². The second-order valence-corrected chi connectivity index (χ2v) is 6.92. The van der Waals surface area contributed by atoms with E-state index in [9.17, 15) is 0 Å². The maximum atomic E-state index is 6.42. The van der Waals surface area contributed by atoms with Gasteiger partial charge in [-0.15, -0.1) is 0 Å². The second kappa shape index (κ2) is 3.99. The Labute approximate surface area is 106 Å². The first-order valence-electron chi connectivity index (χ1n) is 7.11. The fourth-order valence-corrected chi connectivity index (χ4v) is 4.43. The van der Waals surface area contributed by atoms with E-state index < -0.39 is 0 Å². The molecule has 3 aliphatic rings. The molecule has 3 unspecified atom stereocenters. The summed E-state index contributed by atoms with van der Waals surface area (Å²) in [5.41, 5.74) is 0.364. The van der Waals surface area contributed by atoms with E-state index in [-0.39, 0.29) is 5.31 Å². The van der Waals surface area contributed by atoms with Gasteiger partial charge in [-0.3, -0.25) is 4.90 Å². The maximum absolute atomic E-state index is 6.42. The van der Waals surface area contributed by atoms with Crippen LogP contribution in [0.5, 0.6) is 0 Å². The molecule has 3 atom stereocenters. The highest BCUT2D eigenvalue weighted by molar-refractivity contribution is 6.14. The summed E-state index contributed by atoms with van der Waals surface area (Å²) in [5, 5.41) is 0.0706. The molecular formula is C14H24BNO. The van der Waals surface area contributed by atoms with Crippen LogP contribution in [0.15, 0.2) is 0 Å². The van der Waals surface area contributed by atoms with Gasteiger partial charge in [-0.1, -0.05) is 31.5 Å². The van der Waals surface area contributed by atoms with Crippen LogP contribution in [0.25, 0.3) is 0 Å². The molecule has 2 radical (unpaired) electrons. The summed E-state index contributed by atoms with van der Waals surface area (Å²) >= 11 is 0. The van der Waals surface area contributed by atoms with E-state index in [0.717, 1.165) is 25.0 Å². The number of hydrogen-bond acceptors (Lipinski definition) is 2. The average Bonchev–Trinajstić information content (AvgIpc) is 2.33. The summed E-state index contributed by atoms with van der Waals surface area (Å²) in [7, 11) is 8.71. The Morgan fingerprint density at radius 2 is 2.06 bits per heavy atom. The lowest BCUT2D eigenvalue weighted by Crippen LogP contribution is -2.69. The second-order valence-electron chi connectivity index (χ2n) is 6.92. The SMILES string of the molecule is [B]C1(C)CCCC2C(CCN(C)C23COC3)C1. The number of nitrogens with zero attached hydrogens (tertiary/aromatic N) is 1. The largest absolute Gasteiger partial charge is 0.377 e. The van der Waals surface area contributed by atoms with Gasteiger partial charge >= 0.3 is 0 Å². The highest BCUT2D eigenvalue weighted by Crippen LogP contribution is 2.52. The smallest absolute Gasteiger partial charge is 0.0742 e. The monoisotopic (exact) mass is 233 g/mol. The molecule has 0 amide bonds. The van der Waals surface area contributed by atoms with Gasteiger partial charge in [0.15, 0.2) is 0 Å². The lowest BCUT2D eigenvalue weighted by atomic mass is 9.60. The van der Waals surface area contributed by atoms with Crippen LogP contribution in [-0.4, -0.2) is 45.1 Å². The van der Waals surface area contributed by atoms with Crippen molar-refractivity contribution in [1.82, 2.24) is 4.90 Å². The minimum Gasteiger partial charge on any atom is -0.377 e. The Bertz CT molecular complexity index is 301. The van der Waals surface area contributed by atoms with Gasteiger partial charge in [-0.2, -0.15) is 0 Å². The normalized spacial score (nSPS) is 46.0. The van der Waals surface area contributed by atoms with E-state index in [1.165, 1.54) is 38.6 Å². The highest BCUT2D eigenvalue weighted by atomic mass is 16.5. The van der Waals surface area contributed by atoms with E-state index >= 15 is 0 Å². The van der Waals surface area contributed by atoms with Crippen LogP contribution in [0.2, 0.25) is 5.31 Å². The van der Waals surface area contributed by atoms with Crippen molar-refractivity contribution >= 4 is 7.85 Å². The Morgan fingerprint density at radius 3 is 2.71 bits per heavy atom. The van der Waals surface area contributed by atoms with E-state index in [2.05, 4.69) is 18.9 Å². The van der Waals surface area contributed by atoms with Crippen LogP contribution in [0.4, 0.5) is 0 Å². The molecule has 1 aliphatic carbocycles. The Hall–Kier alpha value is -0.0151. The first kappa shape index (κ1) is 12.0. The fraction of sp³-hybridized carbons (Fsp3) is 1.00. The molecule has 2 aliphatic heterocycles. The van der Waals surface area contributed by atoms with Crippen LogP contribution in [0, 0.1) is 11.8 Å². The molecule has 1 saturated carbocycles. The minimum absolute atomic E-state index is 0.0706. The van der Waals surface area contributed by atoms with Crippen molar-refractivity contribution in [2.45, 2.75) is 49.9 Å². The highest BCUT2D eigenvalue weighted by Gasteiger charge is 2.54. The third kappa shape index (κ3) is 1.86. The Balaban J connectivity index is 1.84. The van der Waals surface area contributed by atoms with Gasteiger partial charge in [0.1, 0.15) is 0 Å². The van der Waals surface area contributed by atoms with Gasteiger partial charge in [-0.25, -0.2) is 0 Å². The molecule has 0 aromatic rings. The minimum atomic E-state index is 0.0706. The molecule has 0 N–H and O–H groups in total. The molecule has 3 heteroatoms. The molecular weight excluding hydrogens is 209 g/mol. The molecule has 2 heterocycles. The summed E-state index contributed by atoms with van der Waals surface area (Å²) in [4.78, 5) is 2.57. The van der Waals surface area contributed by atoms with Gasteiger partial charge in [0.2, 0.25) is 0 Å². The quantitative estimate of drug-likeness (QED) is 0.595. The number of piperidine rings is 1. The third-order valence-corrected chi connectivity index (χ3v) is 5.55. The van der Waals surface area contributed by atoms with E-state index in [1.54, 1.807) is 0 Å². The molecule has 17 heavy (non-hydrogen) atoms.